The highest BCUT2D eigenvalue weighted by Gasteiger charge is 2.31. The molecular formula is C21H28N2O4. The van der Waals surface area contributed by atoms with E-state index in [-0.39, 0.29) is 17.9 Å². The van der Waals surface area contributed by atoms with Gasteiger partial charge >= 0.3 is 0 Å². The van der Waals surface area contributed by atoms with Gasteiger partial charge in [0.15, 0.2) is 0 Å². The Balaban J connectivity index is 1.29. The first-order valence-electron chi connectivity index (χ1n) is 10.1. The van der Waals surface area contributed by atoms with Crippen LogP contribution in [-0.2, 0) is 9.53 Å². The minimum absolute atomic E-state index is 0.0334. The summed E-state index contributed by atoms with van der Waals surface area (Å²) in [6, 6.07) is 7.69. The van der Waals surface area contributed by atoms with Crippen molar-refractivity contribution in [1.29, 1.82) is 0 Å². The van der Waals surface area contributed by atoms with Gasteiger partial charge < -0.3 is 19.7 Å². The van der Waals surface area contributed by atoms with Crippen molar-refractivity contribution >= 4 is 11.8 Å². The Kier molecular flexibility index (Phi) is 5.62. The SMILES string of the molecule is O=C(NC1CC1)c1cccc(OCC2CCCN(C(=O)C3CCCO3)C2)c1. The minimum atomic E-state index is -0.244. The van der Waals surface area contributed by atoms with Crippen molar-refractivity contribution in [3.05, 3.63) is 29.8 Å². The Labute approximate surface area is 160 Å². The van der Waals surface area contributed by atoms with Gasteiger partial charge in [-0.2, -0.15) is 0 Å². The van der Waals surface area contributed by atoms with Crippen molar-refractivity contribution in [2.75, 3.05) is 26.3 Å². The van der Waals surface area contributed by atoms with E-state index in [1.807, 2.05) is 23.1 Å². The summed E-state index contributed by atoms with van der Waals surface area (Å²) in [5.41, 5.74) is 0.637. The topological polar surface area (TPSA) is 67.9 Å². The zero-order chi connectivity index (χ0) is 18.6. The lowest BCUT2D eigenvalue weighted by Gasteiger charge is -2.34. The molecule has 1 saturated carbocycles. The molecule has 2 atom stereocenters. The standard InChI is InChI=1S/C21H28N2O4/c24-20(22-17-8-9-17)16-5-1-6-18(12-16)27-14-15-4-2-10-23(13-15)21(25)19-7-3-11-26-19/h1,5-6,12,15,17,19H,2-4,7-11,13-14H2,(H,22,24). The van der Waals surface area contributed by atoms with E-state index in [1.165, 1.54) is 0 Å². The molecule has 2 saturated heterocycles. The molecule has 27 heavy (non-hydrogen) atoms. The summed E-state index contributed by atoms with van der Waals surface area (Å²) in [4.78, 5) is 26.7. The van der Waals surface area contributed by atoms with Crippen molar-refractivity contribution < 1.29 is 19.1 Å². The monoisotopic (exact) mass is 372 g/mol. The number of hydrogen-bond acceptors (Lipinski definition) is 4. The Hall–Kier alpha value is -2.08. The zero-order valence-electron chi connectivity index (χ0n) is 15.7. The first-order valence-corrected chi connectivity index (χ1v) is 10.1. The fourth-order valence-electron chi connectivity index (χ4n) is 3.81. The van der Waals surface area contributed by atoms with Crippen LogP contribution in [0.25, 0.3) is 0 Å². The van der Waals surface area contributed by atoms with E-state index in [1.54, 1.807) is 6.07 Å². The van der Waals surface area contributed by atoms with E-state index in [2.05, 4.69) is 5.32 Å². The molecule has 0 bridgehead atoms. The summed E-state index contributed by atoms with van der Waals surface area (Å²) in [6.45, 7) is 2.79. The third kappa shape index (κ3) is 4.80. The summed E-state index contributed by atoms with van der Waals surface area (Å²) in [5.74, 6) is 1.12. The highest BCUT2D eigenvalue weighted by atomic mass is 16.5. The van der Waals surface area contributed by atoms with Crippen LogP contribution in [0.4, 0.5) is 0 Å². The zero-order valence-corrected chi connectivity index (χ0v) is 15.7. The molecule has 1 aromatic carbocycles. The molecule has 0 radical (unpaired) electrons. The summed E-state index contributed by atoms with van der Waals surface area (Å²) in [5, 5.41) is 3.00. The number of likely N-dealkylation sites (tertiary alicyclic amines) is 1. The predicted octanol–water partition coefficient (Wildman–Crippen LogP) is 2.38. The maximum absolute atomic E-state index is 12.5. The molecule has 2 aliphatic heterocycles. The van der Waals surface area contributed by atoms with Crippen molar-refractivity contribution in [2.24, 2.45) is 5.92 Å². The van der Waals surface area contributed by atoms with Gasteiger partial charge in [0.2, 0.25) is 0 Å². The molecule has 0 spiro atoms. The average molecular weight is 372 g/mol. The van der Waals surface area contributed by atoms with Crippen molar-refractivity contribution in [3.63, 3.8) is 0 Å². The molecule has 146 valence electrons. The van der Waals surface area contributed by atoms with Gasteiger partial charge in [0.25, 0.3) is 11.8 Å². The molecule has 2 heterocycles. The number of ether oxygens (including phenoxy) is 2. The molecule has 6 nitrogen and oxygen atoms in total. The number of benzene rings is 1. The second kappa shape index (κ2) is 8.30. The van der Waals surface area contributed by atoms with Crippen LogP contribution in [0.3, 0.4) is 0 Å². The van der Waals surface area contributed by atoms with Gasteiger partial charge in [-0.3, -0.25) is 9.59 Å². The van der Waals surface area contributed by atoms with Crippen LogP contribution in [0.2, 0.25) is 0 Å². The quantitative estimate of drug-likeness (QED) is 0.833. The van der Waals surface area contributed by atoms with E-state index in [0.29, 0.717) is 36.5 Å². The molecule has 3 fully saturated rings. The van der Waals surface area contributed by atoms with Crippen LogP contribution in [0, 0.1) is 5.92 Å². The number of nitrogens with one attached hydrogen (secondary N) is 1. The van der Waals surface area contributed by atoms with Crippen molar-refractivity contribution in [1.82, 2.24) is 10.2 Å². The van der Waals surface area contributed by atoms with E-state index in [4.69, 9.17) is 9.47 Å². The second-order valence-corrected chi connectivity index (χ2v) is 7.88. The van der Waals surface area contributed by atoms with E-state index < -0.39 is 0 Å². The van der Waals surface area contributed by atoms with Crippen LogP contribution in [0.15, 0.2) is 24.3 Å². The van der Waals surface area contributed by atoms with Gasteiger partial charge in [-0.05, 0) is 56.7 Å². The van der Waals surface area contributed by atoms with Gasteiger partial charge in [-0.25, -0.2) is 0 Å². The molecular weight excluding hydrogens is 344 g/mol. The molecule has 4 rings (SSSR count). The average Bonchev–Trinajstić information content (AvgIpc) is 3.34. The molecule has 1 aliphatic carbocycles. The van der Waals surface area contributed by atoms with Crippen molar-refractivity contribution in [3.8, 4) is 5.75 Å². The smallest absolute Gasteiger partial charge is 0.251 e. The molecule has 6 heteroatoms. The molecule has 2 amide bonds. The normalized spacial score (nSPS) is 25.3. The van der Waals surface area contributed by atoms with Crippen LogP contribution in [-0.4, -0.2) is 55.2 Å². The van der Waals surface area contributed by atoms with Crippen LogP contribution >= 0.6 is 0 Å². The Morgan fingerprint density at radius 3 is 2.85 bits per heavy atom. The number of amides is 2. The van der Waals surface area contributed by atoms with Gasteiger partial charge in [0.05, 0.1) is 6.61 Å². The second-order valence-electron chi connectivity index (χ2n) is 7.88. The highest BCUT2D eigenvalue weighted by Crippen LogP contribution is 2.23. The number of rotatable bonds is 6. The van der Waals surface area contributed by atoms with Gasteiger partial charge in [-0.15, -0.1) is 0 Å². The Morgan fingerprint density at radius 1 is 1.19 bits per heavy atom. The van der Waals surface area contributed by atoms with Gasteiger partial charge in [-0.1, -0.05) is 6.07 Å². The predicted molar refractivity (Wildman–Crippen MR) is 101 cm³/mol. The van der Waals surface area contributed by atoms with Crippen molar-refractivity contribution in [2.45, 2.75) is 50.7 Å². The van der Waals surface area contributed by atoms with Crippen LogP contribution in [0.1, 0.15) is 48.9 Å². The largest absolute Gasteiger partial charge is 0.493 e. The number of piperidine rings is 1. The third-order valence-corrected chi connectivity index (χ3v) is 5.53. The Morgan fingerprint density at radius 2 is 2.07 bits per heavy atom. The van der Waals surface area contributed by atoms with Crippen LogP contribution < -0.4 is 10.1 Å². The van der Waals surface area contributed by atoms with Gasteiger partial charge in [0.1, 0.15) is 11.9 Å². The first-order chi connectivity index (χ1) is 13.2. The molecule has 3 aliphatic rings. The molecule has 0 aromatic heterocycles. The maximum atomic E-state index is 12.5. The number of carbonyl (C=O) groups excluding carboxylic acids is 2. The number of carbonyl (C=O) groups is 2. The summed E-state index contributed by atoms with van der Waals surface area (Å²) >= 11 is 0. The molecule has 1 aromatic rings. The summed E-state index contributed by atoms with van der Waals surface area (Å²) in [6.07, 6.45) is 5.77. The molecule has 1 N–H and O–H groups in total. The fraction of sp³-hybridized carbons (Fsp3) is 0.619. The fourth-order valence-corrected chi connectivity index (χ4v) is 3.81. The summed E-state index contributed by atoms with van der Waals surface area (Å²) in [7, 11) is 0. The first kappa shape index (κ1) is 18.3. The lowest BCUT2D eigenvalue weighted by atomic mass is 9.98. The molecule has 2 unspecified atom stereocenters. The third-order valence-electron chi connectivity index (χ3n) is 5.53. The Bertz CT molecular complexity index is 683. The summed E-state index contributed by atoms with van der Waals surface area (Å²) < 4.78 is 11.5. The lowest BCUT2D eigenvalue weighted by molar-refractivity contribution is -0.143. The highest BCUT2D eigenvalue weighted by molar-refractivity contribution is 5.94. The number of nitrogens with zero attached hydrogens (tertiary/aromatic N) is 1. The van der Waals surface area contributed by atoms with E-state index in [0.717, 1.165) is 51.6 Å². The lowest BCUT2D eigenvalue weighted by Crippen LogP contribution is -2.45. The van der Waals surface area contributed by atoms with Gasteiger partial charge in [0, 0.05) is 37.2 Å². The number of hydrogen-bond donors (Lipinski definition) is 1. The van der Waals surface area contributed by atoms with Crippen LogP contribution in [0.5, 0.6) is 5.75 Å². The van der Waals surface area contributed by atoms with E-state index in [9.17, 15) is 9.59 Å². The maximum Gasteiger partial charge on any atom is 0.251 e. The van der Waals surface area contributed by atoms with E-state index >= 15 is 0 Å². The minimum Gasteiger partial charge on any atom is -0.493 e.